The van der Waals surface area contributed by atoms with Crippen molar-refractivity contribution in [2.24, 2.45) is 0 Å². The molecule has 3 heterocycles. The highest BCUT2D eigenvalue weighted by atomic mass is 16.5. The fraction of sp³-hybridized carbons (Fsp3) is 0.348. The summed E-state index contributed by atoms with van der Waals surface area (Å²) in [5, 5.41) is 13.1. The summed E-state index contributed by atoms with van der Waals surface area (Å²) < 4.78 is 5.69. The van der Waals surface area contributed by atoms with Crippen LogP contribution in [-0.4, -0.2) is 52.4 Å². The van der Waals surface area contributed by atoms with Crippen LogP contribution < -0.4 is 15.0 Å². The van der Waals surface area contributed by atoms with Gasteiger partial charge < -0.3 is 20.1 Å². The normalized spacial score (nSPS) is 15.9. The zero-order chi connectivity index (χ0) is 20.8. The van der Waals surface area contributed by atoms with Crippen LogP contribution >= 0.6 is 0 Å². The number of hydrogen-bond donors (Lipinski definition) is 2. The van der Waals surface area contributed by atoms with E-state index in [0.717, 1.165) is 54.6 Å². The van der Waals surface area contributed by atoms with Crippen LogP contribution in [0.3, 0.4) is 0 Å². The van der Waals surface area contributed by atoms with Crippen molar-refractivity contribution in [1.29, 1.82) is 0 Å². The summed E-state index contributed by atoms with van der Waals surface area (Å²) in [6, 6.07) is 14.0. The summed E-state index contributed by atoms with van der Waals surface area (Å²) in [5.41, 5.74) is 2.93. The van der Waals surface area contributed by atoms with Gasteiger partial charge in [0.05, 0.1) is 18.4 Å². The molecule has 1 fully saturated rings. The lowest BCUT2D eigenvalue weighted by Crippen LogP contribution is -2.21. The van der Waals surface area contributed by atoms with Crippen LogP contribution in [-0.2, 0) is 6.42 Å². The van der Waals surface area contributed by atoms with E-state index in [-0.39, 0.29) is 6.10 Å². The van der Waals surface area contributed by atoms with Gasteiger partial charge in [-0.25, -0.2) is 15.0 Å². The van der Waals surface area contributed by atoms with Gasteiger partial charge in [-0.05, 0) is 43.5 Å². The molecule has 3 aromatic rings. The highest BCUT2D eigenvalue weighted by Crippen LogP contribution is 2.23. The Balaban J connectivity index is 1.38. The Bertz CT molecular complexity index is 964. The monoisotopic (exact) mass is 405 g/mol. The van der Waals surface area contributed by atoms with Crippen LogP contribution in [0.2, 0.25) is 0 Å². The molecule has 1 aliphatic rings. The molecule has 0 bridgehead atoms. The lowest BCUT2D eigenvalue weighted by molar-refractivity contribution is 0.198. The molecular formula is C23H27N5O2. The highest BCUT2D eigenvalue weighted by Gasteiger charge is 2.21. The molecule has 2 N–H and O–H groups in total. The molecule has 0 aliphatic carbocycles. The first kappa shape index (κ1) is 20.1. The number of anilines is 2. The molecule has 7 heteroatoms. The van der Waals surface area contributed by atoms with E-state index in [9.17, 15) is 5.11 Å². The summed E-state index contributed by atoms with van der Waals surface area (Å²) >= 11 is 0. The summed E-state index contributed by atoms with van der Waals surface area (Å²) in [6.45, 7) is 4.87. The maximum absolute atomic E-state index is 9.71. The zero-order valence-electron chi connectivity index (χ0n) is 17.2. The number of aliphatic hydroxyl groups excluding tert-OH is 1. The van der Waals surface area contributed by atoms with Crippen molar-refractivity contribution in [2.75, 3.05) is 36.5 Å². The maximum atomic E-state index is 9.71. The van der Waals surface area contributed by atoms with Gasteiger partial charge in [0.2, 0.25) is 0 Å². The molecule has 30 heavy (non-hydrogen) atoms. The predicted octanol–water partition coefficient (Wildman–Crippen LogP) is 3.16. The Labute approximate surface area is 176 Å². The van der Waals surface area contributed by atoms with Crippen LogP contribution in [0.25, 0.3) is 11.3 Å². The van der Waals surface area contributed by atoms with Gasteiger partial charge in [-0.3, -0.25) is 0 Å². The van der Waals surface area contributed by atoms with Crippen molar-refractivity contribution in [1.82, 2.24) is 15.0 Å². The van der Waals surface area contributed by atoms with E-state index in [0.29, 0.717) is 13.2 Å². The van der Waals surface area contributed by atoms with E-state index in [1.165, 1.54) is 5.56 Å². The second-order valence-corrected chi connectivity index (χ2v) is 7.30. The lowest BCUT2D eigenvalue weighted by atomic mass is 10.1. The first-order chi connectivity index (χ1) is 14.7. The largest absolute Gasteiger partial charge is 0.494 e. The van der Waals surface area contributed by atoms with Gasteiger partial charge in [0.15, 0.2) is 0 Å². The van der Waals surface area contributed by atoms with Crippen molar-refractivity contribution < 1.29 is 9.84 Å². The second kappa shape index (κ2) is 9.54. The summed E-state index contributed by atoms with van der Waals surface area (Å²) in [6.07, 6.45) is 4.76. The van der Waals surface area contributed by atoms with Crippen LogP contribution in [0.15, 0.2) is 55.0 Å². The number of rotatable bonds is 8. The van der Waals surface area contributed by atoms with Crippen molar-refractivity contribution in [3.8, 4) is 17.0 Å². The van der Waals surface area contributed by atoms with E-state index in [1.807, 2.05) is 49.5 Å². The lowest BCUT2D eigenvalue weighted by Gasteiger charge is -2.16. The van der Waals surface area contributed by atoms with Crippen molar-refractivity contribution in [3.05, 3.63) is 60.6 Å². The average Bonchev–Trinajstić information content (AvgIpc) is 3.22. The van der Waals surface area contributed by atoms with Crippen LogP contribution in [0.1, 0.15) is 18.9 Å². The van der Waals surface area contributed by atoms with Gasteiger partial charge in [0.1, 0.15) is 23.7 Å². The molecule has 0 saturated carbocycles. The van der Waals surface area contributed by atoms with E-state index >= 15 is 0 Å². The SMILES string of the molecule is CCOc1ccccc1CCNc1cc(-c2ccc(N3CCC(O)C3)nc2)ncn1. The van der Waals surface area contributed by atoms with Crippen molar-refractivity contribution >= 4 is 11.6 Å². The summed E-state index contributed by atoms with van der Waals surface area (Å²) in [5.74, 6) is 2.60. The van der Waals surface area contributed by atoms with Crippen LogP contribution in [0.5, 0.6) is 5.75 Å². The third kappa shape index (κ3) is 4.86. The van der Waals surface area contributed by atoms with E-state index in [1.54, 1.807) is 6.33 Å². The van der Waals surface area contributed by atoms with Crippen LogP contribution in [0.4, 0.5) is 11.6 Å². The van der Waals surface area contributed by atoms with Crippen LogP contribution in [0, 0.1) is 0 Å². The first-order valence-corrected chi connectivity index (χ1v) is 10.4. The number of hydrogen-bond acceptors (Lipinski definition) is 7. The first-order valence-electron chi connectivity index (χ1n) is 10.4. The number of aromatic nitrogens is 3. The number of para-hydroxylation sites is 1. The van der Waals surface area contributed by atoms with Crippen molar-refractivity contribution in [3.63, 3.8) is 0 Å². The number of pyridine rings is 1. The van der Waals surface area contributed by atoms with Gasteiger partial charge in [0.25, 0.3) is 0 Å². The third-order valence-corrected chi connectivity index (χ3v) is 5.17. The Morgan fingerprint density at radius 1 is 1.17 bits per heavy atom. The van der Waals surface area contributed by atoms with Gasteiger partial charge >= 0.3 is 0 Å². The van der Waals surface area contributed by atoms with E-state index in [2.05, 4.69) is 31.2 Å². The van der Waals surface area contributed by atoms with Gasteiger partial charge in [-0.15, -0.1) is 0 Å². The molecule has 1 aromatic carbocycles. The smallest absolute Gasteiger partial charge is 0.129 e. The minimum atomic E-state index is -0.262. The molecular weight excluding hydrogens is 378 g/mol. The Morgan fingerprint density at radius 2 is 2.07 bits per heavy atom. The zero-order valence-corrected chi connectivity index (χ0v) is 17.2. The predicted molar refractivity (Wildman–Crippen MR) is 118 cm³/mol. The molecule has 156 valence electrons. The molecule has 1 aliphatic heterocycles. The second-order valence-electron chi connectivity index (χ2n) is 7.30. The number of benzene rings is 1. The highest BCUT2D eigenvalue weighted by molar-refractivity contribution is 5.62. The quantitative estimate of drug-likeness (QED) is 0.596. The third-order valence-electron chi connectivity index (χ3n) is 5.17. The fourth-order valence-corrected chi connectivity index (χ4v) is 3.62. The maximum Gasteiger partial charge on any atom is 0.129 e. The van der Waals surface area contributed by atoms with Gasteiger partial charge in [-0.2, -0.15) is 0 Å². The molecule has 4 rings (SSSR count). The Hall–Kier alpha value is -3.19. The van der Waals surface area contributed by atoms with E-state index < -0.39 is 0 Å². The fourth-order valence-electron chi connectivity index (χ4n) is 3.62. The van der Waals surface area contributed by atoms with Gasteiger partial charge in [0, 0.05) is 37.5 Å². The van der Waals surface area contributed by atoms with Crippen molar-refractivity contribution in [2.45, 2.75) is 25.9 Å². The molecule has 7 nitrogen and oxygen atoms in total. The molecule has 1 atom stereocenters. The Kier molecular flexibility index (Phi) is 6.39. The molecule has 1 unspecified atom stereocenters. The van der Waals surface area contributed by atoms with E-state index in [4.69, 9.17) is 4.74 Å². The standard InChI is InChI=1S/C23H27N5O2/c1-2-30-21-6-4-3-5-17(21)9-11-24-22-13-20(26-16-27-22)18-7-8-23(25-14-18)28-12-10-19(29)15-28/h3-8,13-14,16,19,29H,2,9-12,15H2,1H3,(H,24,26,27). The minimum absolute atomic E-state index is 0.262. The molecule has 0 spiro atoms. The molecule has 0 radical (unpaired) electrons. The number of β-amino-alcohol motifs (C(OH)–C–C–N with tert-alkyl or cyclic N) is 1. The average molecular weight is 406 g/mol. The summed E-state index contributed by atoms with van der Waals surface area (Å²) in [4.78, 5) is 15.4. The number of nitrogens with one attached hydrogen (secondary N) is 1. The molecule has 2 aromatic heterocycles. The number of nitrogens with zero attached hydrogens (tertiary/aromatic N) is 4. The molecule has 1 saturated heterocycles. The minimum Gasteiger partial charge on any atom is -0.494 e. The topological polar surface area (TPSA) is 83.4 Å². The summed E-state index contributed by atoms with van der Waals surface area (Å²) in [7, 11) is 0. The number of ether oxygens (including phenoxy) is 1. The Morgan fingerprint density at radius 3 is 2.83 bits per heavy atom. The van der Waals surface area contributed by atoms with Gasteiger partial charge in [-0.1, -0.05) is 18.2 Å². The molecule has 0 amide bonds. The number of aliphatic hydroxyl groups is 1.